The summed E-state index contributed by atoms with van der Waals surface area (Å²) >= 11 is 6.28. The third-order valence-electron chi connectivity index (χ3n) is 21.0. The number of hydrogen-bond donors (Lipinski definition) is 18. The highest BCUT2D eigenvalue weighted by Crippen LogP contribution is 2.24. The molecule has 20 N–H and O–H groups in total. The number of fused-ring (bicyclic) bond motifs is 1. The lowest BCUT2D eigenvalue weighted by atomic mass is 9.99. The molecule has 9 rings (SSSR count). The minimum atomic E-state index is -5.19. The van der Waals surface area contributed by atoms with Gasteiger partial charge in [-0.05, 0) is 139 Å². The Morgan fingerprint density at radius 2 is 0.954 bits per heavy atom. The molecule has 3 fully saturated rings. The molecule has 0 bridgehead atoms. The van der Waals surface area contributed by atoms with Crippen LogP contribution in [0.25, 0.3) is 10.8 Å². The SMILES string of the molecule is CC(=O)N[C@H](Cc1ccc2ccccc2c1)C(=O)N[C@H](Cc1ccc(Cl)cc1)C(=O)N[C@H](Cc1cccnc1)C(=O)N[C@@H](CO)C(=O)N[C@@H](Cc1ccc(NC(=O)[C@@H]2CC(=O)NC(=O)N2)cc1)C(=O)N[C@H](Cc1ccc(NC(=O)[C@H]2CC(=O)NC(=O)N2)cc1)C(=O)N[C@@H](CC(C)C)C(=O)N[C@@H](CCCCNC(C)C)C(=O)N1CCC[C@H]1C(=O)N[C@H](C)C([NH3+])=O.O=C([O-])C(F)(F)F. The number of halogens is 4. The molecule has 3 aliphatic heterocycles. The van der Waals surface area contributed by atoms with Crippen LogP contribution >= 0.6 is 11.6 Å². The average molecular weight is 1840 g/mol. The van der Waals surface area contributed by atoms with E-state index in [9.17, 15) is 71.0 Å². The Morgan fingerprint density at radius 1 is 0.527 bits per heavy atom. The number of aromatic nitrogens is 1. The van der Waals surface area contributed by atoms with Crippen LogP contribution in [-0.4, -0.2) is 226 Å². The normalized spacial score (nSPS) is 16.8. The van der Waals surface area contributed by atoms with Crippen LogP contribution < -0.4 is 95.9 Å². The van der Waals surface area contributed by atoms with Gasteiger partial charge in [0.05, 0.1) is 19.4 Å². The smallest absolute Gasteiger partial charge is 0.430 e. The van der Waals surface area contributed by atoms with Crippen molar-refractivity contribution in [3.63, 3.8) is 0 Å². The molecule has 0 saturated carbocycles. The summed E-state index contributed by atoms with van der Waals surface area (Å²) in [5.74, 6) is -15.4. The number of alkyl halides is 3. The molecule has 12 atom stereocenters. The molecule has 4 heterocycles. The Bertz CT molecular complexity index is 5100. The quantitative estimate of drug-likeness (QED) is 0.0207. The molecule has 0 radical (unpaired) electrons. The number of unbranched alkanes of at least 4 members (excludes halogenated alkanes) is 1. The first-order chi connectivity index (χ1) is 62.1. The number of aliphatic hydroxyl groups excluding tert-OH is 1. The molecule has 0 unspecified atom stereocenters. The highest BCUT2D eigenvalue weighted by atomic mass is 35.5. The van der Waals surface area contributed by atoms with Crippen molar-refractivity contribution in [2.45, 2.75) is 210 Å². The second-order valence-electron chi connectivity index (χ2n) is 32.4. The average Bonchev–Trinajstić information content (AvgIpc) is 1.59. The zero-order valence-electron chi connectivity index (χ0n) is 72.5. The number of urea groups is 2. The molecule has 702 valence electrons. The first kappa shape index (κ1) is 103. The van der Waals surface area contributed by atoms with Gasteiger partial charge in [0.15, 0.2) is 0 Å². The minimum Gasteiger partial charge on any atom is -0.542 e. The van der Waals surface area contributed by atoms with Crippen LogP contribution in [0.1, 0.15) is 121 Å². The molecule has 131 heavy (non-hydrogen) atoms. The number of aliphatic hydroxyl groups is 1. The van der Waals surface area contributed by atoms with Gasteiger partial charge in [-0.25, -0.2) is 14.4 Å². The van der Waals surface area contributed by atoms with E-state index in [1.54, 1.807) is 56.3 Å². The number of carbonyl (C=O) groups excluding carboxylic acids is 18. The summed E-state index contributed by atoms with van der Waals surface area (Å²) in [5, 5.41) is 63.9. The Morgan fingerprint density at radius 3 is 1.40 bits per heavy atom. The van der Waals surface area contributed by atoms with E-state index in [1.807, 2.05) is 55.6 Å². The number of nitrogens with zero attached hydrogens (tertiary/aromatic N) is 2. The van der Waals surface area contributed by atoms with Gasteiger partial charge in [-0.3, -0.25) is 88.5 Å². The second-order valence-corrected chi connectivity index (χ2v) is 32.8. The zero-order valence-corrected chi connectivity index (χ0v) is 73.2. The number of rotatable bonds is 42. The number of imide groups is 2. The van der Waals surface area contributed by atoms with E-state index >= 15 is 28.8 Å². The Balaban J connectivity index is 0.00000290. The Labute approximate surface area is 755 Å². The summed E-state index contributed by atoms with van der Waals surface area (Å²) < 4.78 is 31.5. The third-order valence-corrected chi connectivity index (χ3v) is 21.3. The number of benzene rings is 5. The van der Waals surface area contributed by atoms with Crippen LogP contribution in [0.15, 0.2) is 140 Å². The maximum atomic E-state index is 15.6. The topological polar surface area (TPSA) is 587 Å². The summed E-state index contributed by atoms with van der Waals surface area (Å²) in [4.78, 5) is 249. The van der Waals surface area contributed by atoms with Gasteiger partial charge < -0.3 is 94.3 Å². The standard InChI is InChI=1S/C86H106ClN19O18.C2HF3O2/c1-46(2)35-61(76(114)95-60(16-9-10-33-90-47(3)4)84(122)106-34-12-17-70(106)83(121)91-48(5)73(88)111)96-78(116)64(38-51-21-28-58(29-22-51)93-74(112)67-42-71(109)104-85(123)102-67)98-80(118)65(39-52-23-30-59(31-24-52)94-75(113)68-43-72(110)105-86(124)103-68)100-82(120)69(45-107)101-81(119)66(41-54-13-11-32-89-44-54)99-79(117)63(37-50-19-26-57(87)27-20-50)97-77(115)62(92-49(6)108)40-53-18-25-55-14-7-8-15-56(55)36-53;3-2(4,5)1(6)7/h7-8,11,13-15,18-32,36,44,46-48,60-70,90,107H,9-10,12,16-17,33-35,37-43,45H2,1-6H3,(H2,88,111)(H,91,121)(H,92,108)(H,93,112)(H,94,113)(H,95,114)(H,96,116)(H,97,115)(H,98,118)(H,99,117)(H,100,120)(H,101,119)(H2,102,104,109,123)(H2,103,105,110,124);(H,6,7)/t48-,60+,61+,62-,63-,64-,65+,66-,67-,68+,69+,70+;/m1./s1. The molecule has 0 aliphatic carbocycles. The van der Waals surface area contributed by atoms with Gasteiger partial charge in [-0.2, -0.15) is 13.2 Å². The number of pyridine rings is 1. The van der Waals surface area contributed by atoms with Crippen LogP contribution in [0.5, 0.6) is 0 Å². The third kappa shape index (κ3) is 33.0. The fraction of sp³-hybridized carbons (Fsp3) is 0.420. The van der Waals surface area contributed by atoms with Gasteiger partial charge in [0.1, 0.15) is 78.5 Å². The highest BCUT2D eigenvalue weighted by Gasteiger charge is 2.42. The lowest BCUT2D eigenvalue weighted by Gasteiger charge is -2.31. The van der Waals surface area contributed by atoms with E-state index in [0.29, 0.717) is 53.1 Å². The number of anilines is 2. The summed E-state index contributed by atoms with van der Waals surface area (Å²) in [6, 6.07) is 15.5. The number of carboxylic acids is 1. The van der Waals surface area contributed by atoms with Crippen molar-refractivity contribution in [3.05, 3.63) is 173 Å². The summed E-state index contributed by atoms with van der Waals surface area (Å²) in [7, 11) is 0. The van der Waals surface area contributed by atoms with Crippen LogP contribution in [0.3, 0.4) is 0 Å². The maximum Gasteiger partial charge on any atom is 0.430 e. The van der Waals surface area contributed by atoms with E-state index in [-0.39, 0.29) is 86.8 Å². The van der Waals surface area contributed by atoms with Crippen molar-refractivity contribution in [2.24, 2.45) is 5.92 Å². The van der Waals surface area contributed by atoms with Crippen molar-refractivity contribution in [1.29, 1.82) is 0 Å². The number of aliphatic carboxylic acids is 1. The number of carboxylic acid groups (broad SMARTS) is 1. The predicted octanol–water partition coefficient (Wildman–Crippen LogP) is -0.858. The number of hydrogen-bond acceptors (Lipinski definition) is 22. The first-order valence-electron chi connectivity index (χ1n) is 42.2. The molecule has 19 amide bonds. The first-order valence-corrected chi connectivity index (χ1v) is 42.6. The lowest BCUT2D eigenvalue weighted by molar-refractivity contribution is -0.344. The molecule has 5 aromatic carbocycles. The number of carbonyl (C=O) groups is 18. The maximum absolute atomic E-state index is 15.6. The number of amides is 19. The van der Waals surface area contributed by atoms with E-state index in [2.05, 4.69) is 90.5 Å². The molecule has 1 aromatic heterocycles. The monoisotopic (exact) mass is 1840 g/mol. The molecular weight excluding hydrogens is 1740 g/mol. The van der Waals surface area contributed by atoms with E-state index in [1.165, 1.54) is 79.7 Å². The zero-order chi connectivity index (χ0) is 95.9. The second kappa shape index (κ2) is 49.1. The molecule has 39 nitrogen and oxygen atoms in total. The number of quaternary nitrogens is 1. The summed E-state index contributed by atoms with van der Waals surface area (Å²) in [6.45, 7) is 9.70. The van der Waals surface area contributed by atoms with Crippen molar-refractivity contribution < 1.29 is 115 Å². The van der Waals surface area contributed by atoms with Crippen LogP contribution in [0.2, 0.25) is 5.02 Å². The highest BCUT2D eigenvalue weighted by molar-refractivity contribution is 6.30. The molecule has 3 aliphatic rings. The van der Waals surface area contributed by atoms with Crippen LogP contribution in [0, 0.1) is 5.92 Å². The largest absolute Gasteiger partial charge is 0.542 e. The van der Waals surface area contributed by atoms with Crippen molar-refractivity contribution in [2.75, 3.05) is 30.3 Å². The fourth-order valence-corrected chi connectivity index (χ4v) is 14.4. The van der Waals surface area contributed by atoms with E-state index < -0.39 is 205 Å². The molecular formula is C88H107ClF3N19O20. The Hall–Kier alpha value is -13.9. The van der Waals surface area contributed by atoms with Gasteiger partial charge in [-0.1, -0.05) is 124 Å². The lowest BCUT2D eigenvalue weighted by Crippen LogP contribution is -2.66. The minimum absolute atomic E-state index is 0.00784. The van der Waals surface area contributed by atoms with E-state index in [4.69, 9.17) is 21.5 Å². The fourth-order valence-electron chi connectivity index (χ4n) is 14.2. The molecule has 6 aromatic rings. The van der Waals surface area contributed by atoms with Crippen LogP contribution in [-0.2, 0) is 109 Å². The van der Waals surface area contributed by atoms with Gasteiger partial charge in [0, 0.05) is 80.4 Å². The molecule has 43 heteroatoms. The van der Waals surface area contributed by atoms with E-state index in [0.717, 1.165) is 10.8 Å². The van der Waals surface area contributed by atoms with Gasteiger partial charge >= 0.3 is 24.1 Å². The van der Waals surface area contributed by atoms with Crippen molar-refractivity contribution in [1.82, 2.24) is 84.3 Å². The van der Waals surface area contributed by atoms with Gasteiger partial charge in [0.2, 0.25) is 82.7 Å². The summed E-state index contributed by atoms with van der Waals surface area (Å²) in [5.41, 5.74) is 5.84. The van der Waals surface area contributed by atoms with Crippen molar-refractivity contribution >= 4 is 140 Å². The predicted molar refractivity (Wildman–Crippen MR) is 464 cm³/mol. The van der Waals surface area contributed by atoms with Gasteiger partial charge in [-0.15, -0.1) is 0 Å². The van der Waals surface area contributed by atoms with Crippen LogP contribution in [0.4, 0.5) is 34.1 Å². The van der Waals surface area contributed by atoms with Gasteiger partial charge in [0.25, 0.3) is 0 Å². The number of nitrogens with one attached hydrogen (secondary N) is 16. The molecule has 3 saturated heterocycles. The number of likely N-dealkylation sites (tertiary alicyclic amines) is 1. The molecule has 0 spiro atoms. The Kier molecular flexibility index (Phi) is 38.4. The van der Waals surface area contributed by atoms with Crippen molar-refractivity contribution in [3.8, 4) is 0 Å². The summed E-state index contributed by atoms with van der Waals surface area (Å²) in [6.07, 6.45) is -2.80.